The molecule has 1 aromatic heterocycles. The quantitative estimate of drug-likeness (QED) is 0.391. The van der Waals surface area contributed by atoms with Crippen molar-refractivity contribution in [1.82, 2.24) is 9.99 Å². The first-order valence-electron chi connectivity index (χ1n) is 8.86. The lowest BCUT2D eigenvalue weighted by atomic mass is 10.1. The van der Waals surface area contributed by atoms with E-state index in [4.69, 9.17) is 0 Å². The highest BCUT2D eigenvalue weighted by Gasteiger charge is 2.15. The zero-order chi connectivity index (χ0) is 21.0. The summed E-state index contributed by atoms with van der Waals surface area (Å²) in [5, 5.41) is 15.0. The summed E-state index contributed by atoms with van der Waals surface area (Å²) >= 11 is 0. The van der Waals surface area contributed by atoms with E-state index in [0.717, 1.165) is 17.0 Å². The number of carbonyl (C=O) groups excluding carboxylic acids is 1. The number of nitrogens with zero attached hydrogens (tertiary/aromatic N) is 3. The van der Waals surface area contributed by atoms with Crippen molar-refractivity contribution in [3.63, 3.8) is 0 Å². The first-order valence-corrected chi connectivity index (χ1v) is 8.86. The Balaban J connectivity index is 1.72. The predicted molar refractivity (Wildman–Crippen MR) is 108 cm³/mol. The highest BCUT2D eigenvalue weighted by molar-refractivity contribution is 5.85. The first-order chi connectivity index (χ1) is 13.9. The van der Waals surface area contributed by atoms with Gasteiger partial charge in [0.05, 0.1) is 17.6 Å². The van der Waals surface area contributed by atoms with E-state index in [1.54, 1.807) is 24.3 Å². The number of aryl methyl sites for hydroxylation is 1. The number of nitrogens with one attached hydrogen (secondary N) is 1. The van der Waals surface area contributed by atoms with Gasteiger partial charge in [-0.15, -0.1) is 0 Å². The zero-order valence-corrected chi connectivity index (χ0v) is 15.9. The van der Waals surface area contributed by atoms with Gasteiger partial charge in [0.15, 0.2) is 0 Å². The molecular weight excluding hydrogens is 375 g/mol. The summed E-state index contributed by atoms with van der Waals surface area (Å²) in [7, 11) is 0. The van der Waals surface area contributed by atoms with Crippen molar-refractivity contribution in [1.29, 1.82) is 0 Å². The number of para-hydroxylation sites is 1. The van der Waals surface area contributed by atoms with E-state index >= 15 is 0 Å². The van der Waals surface area contributed by atoms with Gasteiger partial charge in [-0.1, -0.05) is 24.3 Å². The minimum atomic E-state index is -0.521. The maximum absolute atomic E-state index is 13.5. The Labute approximate surface area is 166 Å². The van der Waals surface area contributed by atoms with E-state index in [2.05, 4.69) is 10.5 Å². The standard InChI is InChI=1S/C21H19FN4O3/c1-14-10-17(15(2)25(14)19-8-5-7-18(22)12-19)13-23-24-21(27)11-16-6-3-4-9-20(16)26(28)29/h3-10,12-13H,11H2,1-2H3,(H,24,27)/b23-13+. The Hall–Kier alpha value is -3.81. The summed E-state index contributed by atoms with van der Waals surface area (Å²) in [6.45, 7) is 3.76. The monoisotopic (exact) mass is 394 g/mol. The fourth-order valence-electron chi connectivity index (χ4n) is 3.16. The summed E-state index contributed by atoms with van der Waals surface area (Å²) in [6, 6.07) is 14.2. The number of nitro benzene ring substituents is 1. The summed E-state index contributed by atoms with van der Waals surface area (Å²) in [5.74, 6) is -0.790. The van der Waals surface area contributed by atoms with Gasteiger partial charge in [0.1, 0.15) is 5.82 Å². The van der Waals surface area contributed by atoms with Crippen molar-refractivity contribution < 1.29 is 14.1 Å². The fourth-order valence-corrected chi connectivity index (χ4v) is 3.16. The molecule has 0 unspecified atom stereocenters. The van der Waals surface area contributed by atoms with Crippen molar-refractivity contribution in [2.45, 2.75) is 20.3 Å². The molecule has 8 heteroatoms. The molecule has 0 bridgehead atoms. The number of nitro groups is 1. The highest BCUT2D eigenvalue weighted by Crippen LogP contribution is 2.20. The molecule has 0 fully saturated rings. The molecule has 0 aliphatic carbocycles. The third-order valence-electron chi connectivity index (χ3n) is 4.47. The number of aromatic nitrogens is 1. The van der Waals surface area contributed by atoms with Crippen LogP contribution in [0.25, 0.3) is 5.69 Å². The van der Waals surface area contributed by atoms with Gasteiger partial charge in [-0.2, -0.15) is 5.10 Å². The van der Waals surface area contributed by atoms with Crippen LogP contribution in [0.4, 0.5) is 10.1 Å². The van der Waals surface area contributed by atoms with E-state index in [-0.39, 0.29) is 17.9 Å². The molecule has 0 atom stereocenters. The number of hydrogen-bond acceptors (Lipinski definition) is 4. The van der Waals surface area contributed by atoms with Gasteiger partial charge in [0.2, 0.25) is 5.91 Å². The summed E-state index contributed by atoms with van der Waals surface area (Å²) in [6.07, 6.45) is 1.34. The highest BCUT2D eigenvalue weighted by atomic mass is 19.1. The molecule has 0 saturated heterocycles. The van der Waals surface area contributed by atoms with Crippen LogP contribution < -0.4 is 5.43 Å². The zero-order valence-electron chi connectivity index (χ0n) is 15.9. The third kappa shape index (κ3) is 4.55. The molecule has 0 spiro atoms. The van der Waals surface area contributed by atoms with Gasteiger partial charge in [0, 0.05) is 34.3 Å². The number of hydrazone groups is 1. The Morgan fingerprint density at radius 3 is 2.69 bits per heavy atom. The van der Waals surface area contributed by atoms with Crippen LogP contribution in [0.5, 0.6) is 0 Å². The van der Waals surface area contributed by atoms with E-state index in [9.17, 15) is 19.3 Å². The molecular formula is C21H19FN4O3. The number of hydrogen-bond donors (Lipinski definition) is 1. The molecule has 3 aromatic rings. The van der Waals surface area contributed by atoms with Crippen molar-refractivity contribution in [2.24, 2.45) is 5.10 Å². The lowest BCUT2D eigenvalue weighted by Gasteiger charge is -2.09. The number of carbonyl (C=O) groups is 1. The van der Waals surface area contributed by atoms with Gasteiger partial charge < -0.3 is 4.57 Å². The number of halogens is 1. The van der Waals surface area contributed by atoms with Gasteiger partial charge >= 0.3 is 0 Å². The maximum Gasteiger partial charge on any atom is 0.273 e. The van der Waals surface area contributed by atoms with Crippen LogP contribution in [0, 0.1) is 29.8 Å². The molecule has 0 radical (unpaired) electrons. The van der Waals surface area contributed by atoms with Gasteiger partial charge in [0.25, 0.3) is 5.69 Å². The molecule has 0 aliphatic heterocycles. The lowest BCUT2D eigenvalue weighted by Crippen LogP contribution is -2.20. The summed E-state index contributed by atoms with van der Waals surface area (Å²) in [5.41, 5.74) is 5.78. The summed E-state index contributed by atoms with van der Waals surface area (Å²) in [4.78, 5) is 22.6. The molecule has 1 heterocycles. The number of benzene rings is 2. The van der Waals surface area contributed by atoms with E-state index in [1.807, 2.05) is 24.5 Å². The van der Waals surface area contributed by atoms with E-state index < -0.39 is 10.8 Å². The Morgan fingerprint density at radius 2 is 1.97 bits per heavy atom. The SMILES string of the molecule is Cc1cc(/C=N/NC(=O)Cc2ccccc2[N+](=O)[O-])c(C)n1-c1cccc(F)c1. The normalized spacial score (nSPS) is 11.0. The lowest BCUT2D eigenvalue weighted by molar-refractivity contribution is -0.385. The van der Waals surface area contributed by atoms with Crippen molar-refractivity contribution in [3.05, 3.63) is 93.0 Å². The van der Waals surface area contributed by atoms with Gasteiger partial charge in [-0.3, -0.25) is 14.9 Å². The molecule has 7 nitrogen and oxygen atoms in total. The van der Waals surface area contributed by atoms with Crippen LogP contribution in [0.1, 0.15) is 22.5 Å². The molecule has 148 valence electrons. The largest absolute Gasteiger partial charge is 0.318 e. The van der Waals surface area contributed by atoms with Crippen LogP contribution >= 0.6 is 0 Å². The average Bonchev–Trinajstić information content (AvgIpc) is 2.95. The molecule has 2 aromatic carbocycles. The van der Waals surface area contributed by atoms with Crippen LogP contribution in [0.3, 0.4) is 0 Å². The second-order valence-electron chi connectivity index (χ2n) is 6.50. The van der Waals surface area contributed by atoms with Crippen molar-refractivity contribution >= 4 is 17.8 Å². The third-order valence-corrected chi connectivity index (χ3v) is 4.47. The molecule has 1 N–H and O–H groups in total. The molecule has 0 saturated carbocycles. The van der Waals surface area contributed by atoms with Crippen LogP contribution in [0.2, 0.25) is 0 Å². The van der Waals surface area contributed by atoms with E-state index in [1.165, 1.54) is 30.5 Å². The smallest absolute Gasteiger partial charge is 0.273 e. The maximum atomic E-state index is 13.5. The van der Waals surface area contributed by atoms with Gasteiger partial charge in [-0.25, -0.2) is 9.82 Å². The molecule has 29 heavy (non-hydrogen) atoms. The predicted octanol–water partition coefficient (Wildman–Crippen LogP) is 3.83. The van der Waals surface area contributed by atoms with Crippen molar-refractivity contribution in [2.75, 3.05) is 0 Å². The molecule has 3 rings (SSSR count). The summed E-state index contributed by atoms with van der Waals surface area (Å²) < 4.78 is 15.4. The second-order valence-corrected chi connectivity index (χ2v) is 6.50. The number of amides is 1. The Bertz CT molecular complexity index is 1110. The Kier molecular flexibility index (Phi) is 5.82. The number of rotatable bonds is 6. The second kappa shape index (κ2) is 8.47. The van der Waals surface area contributed by atoms with Gasteiger partial charge in [-0.05, 0) is 38.1 Å². The Morgan fingerprint density at radius 1 is 1.21 bits per heavy atom. The minimum Gasteiger partial charge on any atom is -0.318 e. The minimum absolute atomic E-state index is 0.106. The van der Waals surface area contributed by atoms with E-state index in [0.29, 0.717) is 11.3 Å². The fraction of sp³-hybridized carbons (Fsp3) is 0.143. The average molecular weight is 394 g/mol. The van der Waals surface area contributed by atoms with Crippen LogP contribution in [-0.2, 0) is 11.2 Å². The first kappa shape index (κ1) is 19.9. The molecule has 0 aliphatic rings. The molecule has 1 amide bonds. The van der Waals surface area contributed by atoms with Crippen molar-refractivity contribution in [3.8, 4) is 5.69 Å². The van der Waals surface area contributed by atoms with Crippen LogP contribution in [0.15, 0.2) is 59.7 Å². The topological polar surface area (TPSA) is 89.5 Å². The van der Waals surface area contributed by atoms with Crippen LogP contribution in [-0.4, -0.2) is 21.6 Å².